The smallest absolute Gasteiger partial charge is 0.180 e. The molecule has 0 aromatic heterocycles. The van der Waals surface area contributed by atoms with Gasteiger partial charge in [-0.25, -0.2) is 0 Å². The minimum atomic E-state index is -1.03. The maximum atomic E-state index is 8.65. The highest BCUT2D eigenvalue weighted by atomic mass is 16.6. The zero-order valence-electron chi connectivity index (χ0n) is 5.16. The summed E-state index contributed by atoms with van der Waals surface area (Å²) in [6.07, 6.45) is -1.82. The normalized spacial score (nSPS) is 18.0. The molecule has 3 heteroatoms. The van der Waals surface area contributed by atoms with Gasteiger partial charge >= 0.3 is 0 Å². The van der Waals surface area contributed by atoms with E-state index in [1.54, 1.807) is 6.92 Å². The average molecular weight is 120 g/mol. The van der Waals surface area contributed by atoms with Crippen molar-refractivity contribution in [2.45, 2.75) is 26.2 Å². The highest BCUT2D eigenvalue weighted by Gasteiger charge is 2.07. The van der Waals surface area contributed by atoms with Crippen molar-refractivity contribution < 1.29 is 14.9 Å². The molecule has 0 aliphatic rings. The molecule has 0 spiro atoms. The molecule has 0 bridgehead atoms. The van der Waals surface area contributed by atoms with Crippen LogP contribution in [0.4, 0.5) is 0 Å². The zero-order valence-corrected chi connectivity index (χ0v) is 5.16. The predicted octanol–water partition coefficient (Wildman–Crippen LogP) is -0.278. The predicted molar refractivity (Wildman–Crippen MR) is 29.3 cm³/mol. The molecule has 0 amide bonds. The van der Waals surface area contributed by atoms with Crippen molar-refractivity contribution in [1.29, 1.82) is 0 Å². The van der Waals surface area contributed by atoms with Crippen LogP contribution >= 0.6 is 0 Å². The van der Waals surface area contributed by atoms with Gasteiger partial charge in [0.05, 0.1) is 0 Å². The van der Waals surface area contributed by atoms with Crippen molar-refractivity contribution >= 4 is 0 Å². The van der Waals surface area contributed by atoms with E-state index in [0.717, 1.165) is 0 Å². The van der Waals surface area contributed by atoms with Crippen molar-refractivity contribution in [3.8, 4) is 0 Å². The lowest BCUT2D eigenvalue weighted by atomic mass is 10.4. The van der Waals surface area contributed by atoms with Crippen molar-refractivity contribution in [2.75, 3.05) is 6.61 Å². The van der Waals surface area contributed by atoms with Gasteiger partial charge in [-0.3, -0.25) is 0 Å². The minimum Gasteiger partial charge on any atom is -0.388 e. The molecule has 0 aliphatic carbocycles. The average Bonchev–Trinajstić information content (AvgIpc) is 1.67. The summed E-state index contributed by atoms with van der Waals surface area (Å²) in [5.41, 5.74) is 0. The minimum absolute atomic E-state index is 0.423. The van der Waals surface area contributed by atoms with Crippen LogP contribution in [0.25, 0.3) is 0 Å². The molecule has 0 saturated heterocycles. The van der Waals surface area contributed by atoms with Crippen LogP contribution in [0.1, 0.15) is 13.8 Å². The number of aliphatic hydroxyl groups excluding tert-OH is 2. The Bertz CT molecular complexity index is 53.6. The van der Waals surface area contributed by atoms with Gasteiger partial charge in [-0.05, 0) is 13.8 Å². The summed E-state index contributed by atoms with van der Waals surface area (Å²) in [5.74, 6) is 0. The summed E-state index contributed by atoms with van der Waals surface area (Å²) in [6, 6.07) is 0. The lowest BCUT2D eigenvalue weighted by molar-refractivity contribution is -0.152. The lowest BCUT2D eigenvalue weighted by Gasteiger charge is -2.11. The molecule has 0 radical (unpaired) electrons. The molecular weight excluding hydrogens is 108 g/mol. The first-order valence-electron chi connectivity index (χ1n) is 2.66. The standard InChI is InChI=1S/C5H12O3/c1-3-8-5(7)4(2)6/h4-7H,3H2,1-2H3. The molecule has 0 rings (SSSR count). The third-order valence-electron chi connectivity index (χ3n) is 0.750. The second-order valence-electron chi connectivity index (χ2n) is 1.59. The molecule has 0 fully saturated rings. The fourth-order valence-electron chi connectivity index (χ4n) is 0.310. The van der Waals surface area contributed by atoms with Crippen LogP contribution in [0.5, 0.6) is 0 Å². The van der Waals surface area contributed by atoms with Crippen LogP contribution in [-0.4, -0.2) is 29.2 Å². The summed E-state index contributed by atoms with van der Waals surface area (Å²) in [6.45, 7) is 3.65. The van der Waals surface area contributed by atoms with Crippen LogP contribution in [-0.2, 0) is 4.74 Å². The second kappa shape index (κ2) is 3.83. The molecule has 2 atom stereocenters. The molecule has 50 valence electrons. The fraction of sp³-hybridized carbons (Fsp3) is 1.00. The van der Waals surface area contributed by atoms with Crippen molar-refractivity contribution in [3.05, 3.63) is 0 Å². The molecule has 0 aromatic carbocycles. The molecular formula is C5H12O3. The number of hydrogen-bond acceptors (Lipinski definition) is 3. The van der Waals surface area contributed by atoms with Crippen molar-refractivity contribution in [3.63, 3.8) is 0 Å². The topological polar surface area (TPSA) is 49.7 Å². The lowest BCUT2D eigenvalue weighted by Crippen LogP contribution is -2.25. The van der Waals surface area contributed by atoms with Gasteiger partial charge in [0.25, 0.3) is 0 Å². The van der Waals surface area contributed by atoms with E-state index in [0.29, 0.717) is 6.61 Å². The first-order chi connectivity index (χ1) is 3.68. The Morgan fingerprint density at radius 2 is 2.00 bits per heavy atom. The van der Waals surface area contributed by atoms with E-state index in [-0.39, 0.29) is 0 Å². The van der Waals surface area contributed by atoms with Crippen LogP contribution in [0.3, 0.4) is 0 Å². The first-order valence-corrected chi connectivity index (χ1v) is 2.66. The quantitative estimate of drug-likeness (QED) is 0.504. The van der Waals surface area contributed by atoms with Crippen molar-refractivity contribution in [1.82, 2.24) is 0 Å². The van der Waals surface area contributed by atoms with Gasteiger partial charge in [0.15, 0.2) is 6.29 Å². The Morgan fingerprint density at radius 3 is 2.12 bits per heavy atom. The number of ether oxygens (including phenoxy) is 1. The van der Waals surface area contributed by atoms with Crippen LogP contribution in [0.2, 0.25) is 0 Å². The molecule has 0 aliphatic heterocycles. The fourth-order valence-corrected chi connectivity index (χ4v) is 0.310. The van der Waals surface area contributed by atoms with Gasteiger partial charge in [-0.1, -0.05) is 0 Å². The van der Waals surface area contributed by atoms with E-state index in [9.17, 15) is 0 Å². The Kier molecular flexibility index (Phi) is 3.77. The maximum absolute atomic E-state index is 8.65. The van der Waals surface area contributed by atoms with Gasteiger partial charge in [-0.2, -0.15) is 0 Å². The molecule has 2 N–H and O–H groups in total. The van der Waals surface area contributed by atoms with E-state index in [1.165, 1.54) is 6.92 Å². The molecule has 0 aromatic rings. The Labute approximate surface area is 48.9 Å². The van der Waals surface area contributed by atoms with Crippen molar-refractivity contribution in [2.24, 2.45) is 0 Å². The van der Waals surface area contributed by atoms with E-state index < -0.39 is 12.4 Å². The third kappa shape index (κ3) is 2.96. The van der Waals surface area contributed by atoms with Gasteiger partial charge in [0.1, 0.15) is 6.10 Å². The summed E-state index contributed by atoms with van der Waals surface area (Å²) in [7, 11) is 0. The molecule has 0 saturated carbocycles. The Morgan fingerprint density at radius 1 is 1.50 bits per heavy atom. The summed E-state index contributed by atoms with van der Waals surface area (Å²) in [5, 5.41) is 17.2. The first kappa shape index (κ1) is 7.88. The number of hydrogen-bond donors (Lipinski definition) is 2. The molecule has 3 nitrogen and oxygen atoms in total. The van der Waals surface area contributed by atoms with Gasteiger partial charge in [0.2, 0.25) is 0 Å². The summed E-state index contributed by atoms with van der Waals surface area (Å²) >= 11 is 0. The van der Waals surface area contributed by atoms with E-state index >= 15 is 0 Å². The number of rotatable bonds is 3. The summed E-state index contributed by atoms with van der Waals surface area (Å²) in [4.78, 5) is 0. The SMILES string of the molecule is CCOC(O)C(C)O. The second-order valence-corrected chi connectivity index (χ2v) is 1.59. The molecule has 8 heavy (non-hydrogen) atoms. The zero-order chi connectivity index (χ0) is 6.57. The Hall–Kier alpha value is -0.120. The van der Waals surface area contributed by atoms with Crippen LogP contribution in [0, 0.1) is 0 Å². The van der Waals surface area contributed by atoms with Crippen LogP contribution < -0.4 is 0 Å². The maximum Gasteiger partial charge on any atom is 0.180 e. The monoisotopic (exact) mass is 120 g/mol. The Balaban J connectivity index is 3.17. The van der Waals surface area contributed by atoms with Gasteiger partial charge in [0, 0.05) is 6.61 Å². The van der Waals surface area contributed by atoms with Gasteiger partial charge < -0.3 is 14.9 Å². The number of aliphatic hydroxyl groups is 2. The highest BCUT2D eigenvalue weighted by molar-refractivity contribution is 4.46. The largest absolute Gasteiger partial charge is 0.388 e. The summed E-state index contributed by atoms with van der Waals surface area (Å²) < 4.78 is 4.61. The van der Waals surface area contributed by atoms with E-state index in [1.807, 2.05) is 0 Å². The van der Waals surface area contributed by atoms with E-state index in [2.05, 4.69) is 4.74 Å². The highest BCUT2D eigenvalue weighted by Crippen LogP contribution is 1.92. The van der Waals surface area contributed by atoms with E-state index in [4.69, 9.17) is 10.2 Å². The molecule has 2 unspecified atom stereocenters. The van der Waals surface area contributed by atoms with Gasteiger partial charge in [-0.15, -0.1) is 0 Å². The third-order valence-corrected chi connectivity index (χ3v) is 0.750. The molecule has 0 heterocycles. The van der Waals surface area contributed by atoms with Crippen LogP contribution in [0.15, 0.2) is 0 Å².